The Labute approximate surface area is 103 Å². The van der Waals surface area contributed by atoms with Gasteiger partial charge in [-0.1, -0.05) is 24.3 Å². The molecule has 1 aliphatic rings. The van der Waals surface area contributed by atoms with E-state index in [0.29, 0.717) is 0 Å². The number of hydrogen-bond donors (Lipinski definition) is 1. The van der Waals surface area contributed by atoms with Crippen LogP contribution in [0.2, 0.25) is 0 Å². The average Bonchev–Trinajstić information content (AvgIpc) is 2.92. The molecule has 2 aromatic rings. The van der Waals surface area contributed by atoms with E-state index in [-0.39, 0.29) is 10.5 Å². The molecule has 0 saturated carbocycles. The first-order valence-electron chi connectivity index (χ1n) is 4.74. The largest absolute Gasteiger partial charge is 0.268 e. The van der Waals surface area contributed by atoms with Gasteiger partial charge in [0, 0.05) is 0 Å². The fourth-order valence-corrected chi connectivity index (χ4v) is 2.97. The fourth-order valence-electron chi connectivity index (χ4n) is 1.35. The van der Waals surface area contributed by atoms with Crippen LogP contribution in [0, 0.1) is 0 Å². The number of benzene rings is 1. The summed E-state index contributed by atoms with van der Waals surface area (Å²) in [6.07, 6.45) is 0. The average molecular weight is 267 g/mol. The molecule has 6 heteroatoms. The van der Waals surface area contributed by atoms with E-state index in [1.165, 1.54) is 12.1 Å². The van der Waals surface area contributed by atoms with Crippen molar-refractivity contribution in [1.29, 1.82) is 0 Å². The molecular weight excluding hydrogens is 258 g/mol. The van der Waals surface area contributed by atoms with E-state index in [1.54, 1.807) is 23.5 Å². The molecule has 0 bridgehead atoms. The maximum absolute atomic E-state index is 11.1. The topological polar surface area (TPSA) is 63.2 Å². The van der Waals surface area contributed by atoms with Crippen LogP contribution in [0.4, 0.5) is 0 Å². The van der Waals surface area contributed by atoms with Crippen molar-refractivity contribution in [1.82, 2.24) is 4.72 Å². The summed E-state index contributed by atoms with van der Waals surface area (Å²) in [6.45, 7) is 0. The van der Waals surface area contributed by atoms with E-state index in [1.807, 2.05) is 27.6 Å². The van der Waals surface area contributed by atoms with Crippen molar-refractivity contribution in [2.75, 3.05) is 0 Å². The summed E-state index contributed by atoms with van der Waals surface area (Å²) < 4.78 is 24.2. The highest BCUT2D eigenvalue weighted by Crippen LogP contribution is 2.20. The third-order valence-corrected chi connectivity index (χ3v) is 4.09. The molecule has 0 aliphatic carbocycles. The molecule has 2 heterocycles. The number of rotatable bonds is 0. The monoisotopic (exact) mass is 267 g/mol. The van der Waals surface area contributed by atoms with Gasteiger partial charge in [-0.25, -0.2) is 13.1 Å². The number of hydrogen-bond acceptors (Lipinski definition) is 4. The lowest BCUT2D eigenvalue weighted by Gasteiger charge is -1.91. The fraction of sp³-hybridized carbons (Fsp3) is 0. The predicted molar refractivity (Wildman–Crippen MR) is 65.4 cm³/mol. The van der Waals surface area contributed by atoms with Gasteiger partial charge < -0.3 is 0 Å². The first kappa shape index (κ1) is 11.8. The van der Waals surface area contributed by atoms with Gasteiger partial charge in [0.15, 0.2) is 0 Å². The van der Waals surface area contributed by atoms with E-state index < -0.39 is 15.9 Å². The highest BCUT2D eigenvalue weighted by Gasteiger charge is 2.31. The van der Waals surface area contributed by atoms with Gasteiger partial charge in [0.2, 0.25) is 0 Å². The van der Waals surface area contributed by atoms with Crippen LogP contribution in [0.3, 0.4) is 0 Å². The van der Waals surface area contributed by atoms with Crippen molar-refractivity contribution in [3.63, 3.8) is 0 Å². The summed E-state index contributed by atoms with van der Waals surface area (Å²) in [5, 5.41) is 4.08. The van der Waals surface area contributed by atoms with Crippen molar-refractivity contribution in [2.24, 2.45) is 0 Å². The molecule has 3 rings (SSSR count). The minimum atomic E-state index is -3.55. The zero-order valence-corrected chi connectivity index (χ0v) is 10.3. The third kappa shape index (κ3) is 2.54. The molecule has 4 nitrogen and oxygen atoms in total. The van der Waals surface area contributed by atoms with Gasteiger partial charge in [-0.3, -0.25) is 4.79 Å². The minimum Gasteiger partial charge on any atom is -0.268 e. The van der Waals surface area contributed by atoms with Crippen molar-refractivity contribution >= 4 is 27.3 Å². The van der Waals surface area contributed by atoms with E-state index >= 15 is 0 Å². The standard InChI is InChI=1S/C7H5NO3S.C4H4S/c9-7-5-3-1-2-4-6(5)12(10,11)8-7;1-2-4-5-3-1/h1-4H,(H,8,9);1-4H. The molecule has 0 spiro atoms. The SMILES string of the molecule is O=C1NS(=O)(=O)c2ccccc21.c1ccsc1. The van der Waals surface area contributed by atoms with Crippen LogP contribution in [0.5, 0.6) is 0 Å². The van der Waals surface area contributed by atoms with Crippen molar-refractivity contribution in [3.8, 4) is 0 Å². The van der Waals surface area contributed by atoms with Gasteiger partial charge in [-0.2, -0.15) is 11.3 Å². The zero-order chi connectivity index (χ0) is 12.3. The number of nitrogens with one attached hydrogen (secondary N) is 1. The van der Waals surface area contributed by atoms with Crippen molar-refractivity contribution in [3.05, 3.63) is 52.7 Å². The van der Waals surface area contributed by atoms with Crippen LogP contribution in [0.1, 0.15) is 10.4 Å². The van der Waals surface area contributed by atoms with Gasteiger partial charge in [-0.15, -0.1) is 0 Å². The molecule has 0 atom stereocenters. The predicted octanol–water partition coefficient (Wildman–Crippen LogP) is 1.87. The quantitative estimate of drug-likeness (QED) is 0.792. The molecule has 1 amide bonds. The molecule has 0 unspecified atom stereocenters. The van der Waals surface area contributed by atoms with E-state index in [9.17, 15) is 13.2 Å². The Balaban J connectivity index is 0.000000181. The minimum absolute atomic E-state index is 0.0648. The van der Waals surface area contributed by atoms with Crippen LogP contribution >= 0.6 is 11.3 Å². The number of carbonyl (C=O) groups is 1. The molecule has 17 heavy (non-hydrogen) atoms. The first-order valence-corrected chi connectivity index (χ1v) is 7.17. The van der Waals surface area contributed by atoms with Gasteiger partial charge in [0.05, 0.1) is 5.56 Å². The Morgan fingerprint density at radius 3 is 2.18 bits per heavy atom. The second-order valence-electron chi connectivity index (χ2n) is 3.22. The number of amides is 1. The summed E-state index contributed by atoms with van der Waals surface area (Å²) in [5.41, 5.74) is 0.220. The van der Waals surface area contributed by atoms with Gasteiger partial charge in [0.1, 0.15) is 4.90 Å². The molecule has 88 valence electrons. The zero-order valence-electron chi connectivity index (χ0n) is 8.66. The summed E-state index contributed by atoms with van der Waals surface area (Å²) >= 11 is 1.71. The van der Waals surface area contributed by atoms with Gasteiger partial charge in [-0.05, 0) is 22.9 Å². The lowest BCUT2D eigenvalue weighted by Crippen LogP contribution is -2.20. The van der Waals surface area contributed by atoms with Crippen molar-refractivity contribution in [2.45, 2.75) is 4.90 Å². The third-order valence-electron chi connectivity index (χ3n) is 2.07. The summed E-state index contributed by atoms with van der Waals surface area (Å²) in [5.74, 6) is -0.550. The molecule has 1 aromatic heterocycles. The highest BCUT2D eigenvalue weighted by atomic mass is 32.2. The summed E-state index contributed by atoms with van der Waals surface area (Å²) in [6, 6.07) is 10.1. The number of carbonyl (C=O) groups excluding carboxylic acids is 1. The van der Waals surface area contributed by atoms with Gasteiger partial charge >= 0.3 is 0 Å². The maximum atomic E-state index is 11.1. The van der Waals surface area contributed by atoms with Crippen LogP contribution in [-0.4, -0.2) is 14.3 Å². The number of thiophene rings is 1. The second kappa shape index (κ2) is 4.68. The highest BCUT2D eigenvalue weighted by molar-refractivity contribution is 7.90. The molecule has 0 saturated heterocycles. The van der Waals surface area contributed by atoms with E-state index in [0.717, 1.165) is 0 Å². The normalized spacial score (nSPS) is 15.4. The van der Waals surface area contributed by atoms with Crippen molar-refractivity contribution < 1.29 is 13.2 Å². The summed E-state index contributed by atoms with van der Waals surface area (Å²) in [4.78, 5) is 11.1. The second-order valence-corrected chi connectivity index (χ2v) is 5.69. The number of fused-ring (bicyclic) bond motifs is 1. The molecule has 0 radical (unpaired) electrons. The van der Waals surface area contributed by atoms with Crippen LogP contribution in [-0.2, 0) is 10.0 Å². The van der Waals surface area contributed by atoms with Crippen LogP contribution in [0.15, 0.2) is 52.1 Å². The molecule has 1 N–H and O–H groups in total. The molecule has 0 fully saturated rings. The molecular formula is C11H9NO3S2. The molecule has 1 aliphatic heterocycles. The maximum Gasteiger partial charge on any atom is 0.266 e. The van der Waals surface area contributed by atoms with Crippen LogP contribution < -0.4 is 4.72 Å². The first-order chi connectivity index (χ1) is 8.11. The van der Waals surface area contributed by atoms with E-state index in [4.69, 9.17) is 0 Å². The lowest BCUT2D eigenvalue weighted by molar-refractivity contribution is 0.0985. The number of sulfonamides is 1. The smallest absolute Gasteiger partial charge is 0.266 e. The van der Waals surface area contributed by atoms with Gasteiger partial charge in [0.25, 0.3) is 15.9 Å². The van der Waals surface area contributed by atoms with E-state index in [2.05, 4.69) is 0 Å². The Morgan fingerprint density at radius 2 is 1.65 bits per heavy atom. The summed E-state index contributed by atoms with van der Waals surface area (Å²) in [7, 11) is -3.55. The Morgan fingerprint density at radius 1 is 1.00 bits per heavy atom. The Hall–Kier alpha value is -1.66. The Kier molecular flexibility index (Phi) is 3.26. The van der Waals surface area contributed by atoms with Crippen LogP contribution in [0.25, 0.3) is 0 Å². The molecule has 1 aromatic carbocycles. The lowest BCUT2D eigenvalue weighted by atomic mass is 10.2. The Bertz CT molecular complexity index is 601.